The van der Waals surface area contributed by atoms with Crippen molar-refractivity contribution in [3.8, 4) is 5.69 Å². The topological polar surface area (TPSA) is 80.1 Å². The van der Waals surface area contributed by atoms with Crippen molar-refractivity contribution in [1.29, 1.82) is 0 Å². The number of halogens is 2. The number of nitrogens with zero attached hydrogens (tertiary/aromatic N) is 2. The summed E-state index contributed by atoms with van der Waals surface area (Å²) in [5.74, 6) is -1.61. The lowest BCUT2D eigenvalue weighted by Gasteiger charge is -2.28. The third-order valence-corrected chi connectivity index (χ3v) is 5.46. The van der Waals surface area contributed by atoms with Gasteiger partial charge < -0.3 is 14.4 Å². The summed E-state index contributed by atoms with van der Waals surface area (Å²) in [5.41, 5.74) is 2.24. The van der Waals surface area contributed by atoms with E-state index in [1.165, 1.54) is 12.1 Å². The number of methoxy groups -OCH3 is 1. The number of alkyl halides is 1. The summed E-state index contributed by atoms with van der Waals surface area (Å²) in [5, 5.41) is 17.6. The van der Waals surface area contributed by atoms with E-state index in [9.17, 15) is 14.3 Å². The largest absolute Gasteiger partial charge is 0.481 e. The van der Waals surface area contributed by atoms with Gasteiger partial charge in [0.15, 0.2) is 0 Å². The molecule has 6 nitrogen and oxygen atoms in total. The Morgan fingerprint density at radius 3 is 2.65 bits per heavy atom. The number of fused-ring (bicyclic) bond motifs is 2. The number of hydrogen-bond donors (Lipinski definition) is 2. The zero-order chi connectivity index (χ0) is 22.3. The first-order valence-corrected chi connectivity index (χ1v) is 9.85. The van der Waals surface area contributed by atoms with Crippen LogP contribution in [0.5, 0.6) is 0 Å². The molecule has 1 atom stereocenters. The molecule has 2 N–H and O–H groups in total. The van der Waals surface area contributed by atoms with Gasteiger partial charge in [-0.1, -0.05) is 13.8 Å². The second-order valence-corrected chi connectivity index (χ2v) is 8.28. The highest BCUT2D eigenvalue weighted by molar-refractivity contribution is 5.99. The quantitative estimate of drug-likeness (QED) is 0.432. The summed E-state index contributed by atoms with van der Waals surface area (Å²) in [4.78, 5) is 11.4. The maximum absolute atomic E-state index is 15.5. The Morgan fingerprint density at radius 1 is 1.29 bits per heavy atom. The first-order valence-electron chi connectivity index (χ1n) is 9.85. The summed E-state index contributed by atoms with van der Waals surface area (Å²) in [6.45, 7) is 4.10. The van der Waals surface area contributed by atoms with Gasteiger partial charge in [0.25, 0.3) is 0 Å². The number of carboxylic acids is 1. The van der Waals surface area contributed by atoms with Crippen LogP contribution in [0.15, 0.2) is 42.6 Å². The zero-order valence-electron chi connectivity index (χ0n) is 17.4. The van der Waals surface area contributed by atoms with Crippen LogP contribution in [0, 0.1) is 5.82 Å². The lowest BCUT2D eigenvalue weighted by Crippen LogP contribution is -2.28. The van der Waals surface area contributed by atoms with Crippen molar-refractivity contribution in [2.75, 3.05) is 13.7 Å². The fourth-order valence-electron chi connectivity index (χ4n) is 4.28. The van der Waals surface area contributed by atoms with Crippen molar-refractivity contribution in [2.45, 2.75) is 31.9 Å². The number of aromatic nitrogens is 3. The van der Waals surface area contributed by atoms with Crippen LogP contribution < -0.4 is 0 Å². The highest BCUT2D eigenvalue weighted by Gasteiger charge is 2.35. The van der Waals surface area contributed by atoms with Crippen LogP contribution >= 0.6 is 0 Å². The molecule has 0 bridgehead atoms. The Balaban J connectivity index is 2.15. The summed E-state index contributed by atoms with van der Waals surface area (Å²) < 4.78 is 36.5. The molecule has 31 heavy (non-hydrogen) atoms. The molecule has 0 fully saturated rings. The third-order valence-electron chi connectivity index (χ3n) is 5.46. The number of nitrogens with one attached hydrogen (secondary N) is 1. The van der Waals surface area contributed by atoms with E-state index in [1.807, 2.05) is 24.5 Å². The van der Waals surface area contributed by atoms with Gasteiger partial charge in [-0.05, 0) is 36.4 Å². The van der Waals surface area contributed by atoms with Gasteiger partial charge in [-0.2, -0.15) is 5.10 Å². The number of carboxylic acid groups (broad SMARTS) is 1. The van der Waals surface area contributed by atoms with Gasteiger partial charge in [-0.3, -0.25) is 9.89 Å². The molecule has 0 spiro atoms. The second-order valence-electron chi connectivity index (χ2n) is 8.28. The van der Waals surface area contributed by atoms with Crippen LogP contribution in [0.2, 0.25) is 0 Å². The van der Waals surface area contributed by atoms with E-state index in [1.54, 1.807) is 31.5 Å². The van der Waals surface area contributed by atoms with E-state index in [2.05, 4.69) is 10.2 Å². The molecule has 2 aromatic carbocycles. The Morgan fingerprint density at radius 2 is 2.00 bits per heavy atom. The van der Waals surface area contributed by atoms with Crippen LogP contribution in [0.1, 0.15) is 37.7 Å². The van der Waals surface area contributed by atoms with Crippen molar-refractivity contribution >= 4 is 27.8 Å². The SMILES string of the molecule is COCC(C)(C)c1c([C@@H](F)CC(=O)O)c2cc3[nH]ncc3cc2n1-c1ccc(F)cc1. The average Bonchev–Trinajstić information content (AvgIpc) is 3.28. The summed E-state index contributed by atoms with van der Waals surface area (Å²) in [6.07, 6.45) is -0.742. The molecule has 162 valence electrons. The molecule has 0 aliphatic heterocycles. The predicted molar refractivity (Wildman–Crippen MR) is 114 cm³/mol. The van der Waals surface area contributed by atoms with Crippen molar-refractivity contribution < 1.29 is 23.4 Å². The third kappa shape index (κ3) is 3.67. The molecule has 8 heteroatoms. The van der Waals surface area contributed by atoms with Crippen LogP contribution in [-0.2, 0) is 14.9 Å². The first-order chi connectivity index (χ1) is 14.7. The molecule has 0 saturated heterocycles. The monoisotopic (exact) mass is 427 g/mol. The maximum Gasteiger partial charge on any atom is 0.306 e. The highest BCUT2D eigenvalue weighted by Crippen LogP contribution is 2.43. The maximum atomic E-state index is 15.5. The Kier molecular flexibility index (Phi) is 5.26. The molecule has 0 aliphatic carbocycles. The highest BCUT2D eigenvalue weighted by atomic mass is 19.1. The molecule has 0 radical (unpaired) electrons. The van der Waals surface area contributed by atoms with Gasteiger partial charge in [0.1, 0.15) is 12.0 Å². The zero-order valence-corrected chi connectivity index (χ0v) is 17.4. The molecule has 0 amide bonds. The van der Waals surface area contributed by atoms with Crippen LogP contribution in [0.4, 0.5) is 8.78 Å². The molecule has 2 heterocycles. The number of H-pyrrole nitrogens is 1. The number of aromatic amines is 1. The molecule has 2 aromatic heterocycles. The summed E-state index contributed by atoms with van der Waals surface area (Å²) in [6, 6.07) is 9.58. The molecule has 0 saturated carbocycles. The van der Waals surface area contributed by atoms with Crippen molar-refractivity contribution in [2.24, 2.45) is 0 Å². The van der Waals surface area contributed by atoms with Gasteiger partial charge in [-0.25, -0.2) is 8.78 Å². The fraction of sp³-hybridized carbons (Fsp3) is 0.304. The minimum absolute atomic E-state index is 0.275. The second kappa shape index (κ2) is 7.77. The van der Waals surface area contributed by atoms with Crippen molar-refractivity contribution in [3.05, 3.63) is 59.7 Å². The molecule has 0 unspecified atom stereocenters. The Bertz CT molecular complexity index is 1260. The first kappa shape index (κ1) is 21.0. The minimum atomic E-state index is -1.74. The van der Waals surface area contributed by atoms with Crippen molar-refractivity contribution in [1.82, 2.24) is 14.8 Å². The summed E-state index contributed by atoms with van der Waals surface area (Å²) in [7, 11) is 1.56. The Hall–Kier alpha value is -3.26. The van der Waals surface area contributed by atoms with Crippen LogP contribution in [0.3, 0.4) is 0 Å². The van der Waals surface area contributed by atoms with E-state index in [-0.39, 0.29) is 12.4 Å². The smallest absolute Gasteiger partial charge is 0.306 e. The normalized spacial score (nSPS) is 13.2. The molecular formula is C23H23F2N3O3. The number of aliphatic carboxylic acids is 1. The number of hydrogen-bond acceptors (Lipinski definition) is 3. The number of ether oxygens (including phenoxy) is 1. The van der Waals surface area contributed by atoms with Gasteiger partial charge in [0, 0.05) is 40.2 Å². The van der Waals surface area contributed by atoms with E-state index < -0.39 is 24.0 Å². The van der Waals surface area contributed by atoms with E-state index in [0.717, 1.165) is 5.39 Å². The molecular weight excluding hydrogens is 404 g/mol. The number of benzene rings is 2. The Labute approximate surface area is 177 Å². The van der Waals surface area contributed by atoms with Crippen molar-refractivity contribution in [3.63, 3.8) is 0 Å². The van der Waals surface area contributed by atoms with E-state index in [4.69, 9.17) is 4.74 Å². The van der Waals surface area contributed by atoms with E-state index >= 15 is 4.39 Å². The number of carbonyl (C=O) groups is 1. The van der Waals surface area contributed by atoms with Crippen LogP contribution in [0.25, 0.3) is 27.5 Å². The van der Waals surface area contributed by atoms with Crippen LogP contribution in [-0.4, -0.2) is 39.6 Å². The molecule has 0 aliphatic rings. The van der Waals surface area contributed by atoms with Gasteiger partial charge in [0.2, 0.25) is 0 Å². The lowest BCUT2D eigenvalue weighted by atomic mass is 9.85. The van der Waals surface area contributed by atoms with E-state index in [0.29, 0.717) is 33.4 Å². The van der Waals surface area contributed by atoms with Gasteiger partial charge in [0.05, 0.1) is 30.3 Å². The standard InChI is InChI=1S/C23H23F2N3O3/c1-23(2,12-31-3)22-21(17(25)10-20(29)30)16-9-18-13(11-26-27-18)8-19(16)28(22)15-6-4-14(24)5-7-15/h4-9,11,17H,10,12H2,1-3H3,(H,26,27)(H,29,30)/t17-/m0/s1. The number of rotatable bonds is 7. The molecule has 4 aromatic rings. The van der Waals surface area contributed by atoms with Gasteiger partial charge >= 0.3 is 5.97 Å². The average molecular weight is 427 g/mol. The fourth-order valence-corrected chi connectivity index (χ4v) is 4.28. The minimum Gasteiger partial charge on any atom is -0.481 e. The predicted octanol–water partition coefficient (Wildman–Crippen LogP) is 5.06. The summed E-state index contributed by atoms with van der Waals surface area (Å²) >= 11 is 0. The lowest BCUT2D eigenvalue weighted by molar-refractivity contribution is -0.138. The molecule has 4 rings (SSSR count). The van der Waals surface area contributed by atoms with Gasteiger partial charge in [-0.15, -0.1) is 0 Å².